The van der Waals surface area contributed by atoms with Crippen LogP contribution in [0.5, 0.6) is 0 Å². The van der Waals surface area contributed by atoms with E-state index in [1.165, 1.54) is 199 Å². The highest BCUT2D eigenvalue weighted by molar-refractivity contribution is 7.45. The Morgan fingerprint density at radius 1 is 0.356 bits per heavy atom. The summed E-state index contributed by atoms with van der Waals surface area (Å²) in [6.45, 7) is 4.08. The Kier molecular flexibility index (Phi) is 67.0. The van der Waals surface area contributed by atoms with Crippen molar-refractivity contribution in [2.75, 3.05) is 47.5 Å². The molecule has 0 aliphatic carbocycles. The van der Waals surface area contributed by atoms with Crippen LogP contribution in [0.15, 0.2) is 122 Å². The van der Waals surface area contributed by atoms with Gasteiger partial charge < -0.3 is 27.9 Å². The van der Waals surface area contributed by atoms with E-state index in [1.807, 2.05) is 21.1 Å². The number of phosphoric acid groups is 1. The Hall–Kier alpha value is -3.59. The van der Waals surface area contributed by atoms with Crippen LogP contribution in [-0.4, -0.2) is 70.0 Å². The average molecular weight is 1270 g/mol. The molecule has 10 heteroatoms. The van der Waals surface area contributed by atoms with Crippen LogP contribution in [-0.2, 0) is 32.7 Å². The highest BCUT2D eigenvalue weighted by atomic mass is 31.2. The van der Waals surface area contributed by atoms with Crippen LogP contribution < -0.4 is 4.89 Å². The summed E-state index contributed by atoms with van der Waals surface area (Å²) in [7, 11) is 1.13. The number of hydrogen-bond donors (Lipinski definition) is 0. The van der Waals surface area contributed by atoms with Crippen molar-refractivity contribution in [2.45, 2.75) is 328 Å². The third kappa shape index (κ3) is 73.5. The maximum atomic E-state index is 12.8. The number of ether oxygens (including phenoxy) is 2. The predicted octanol–water partition coefficient (Wildman–Crippen LogP) is 24.0. The number of quaternary nitrogens is 1. The predicted molar refractivity (Wildman–Crippen MR) is 388 cm³/mol. The molecule has 0 saturated carbocycles. The lowest BCUT2D eigenvalue weighted by Gasteiger charge is -2.28. The molecular formula is C80H140NO8P. The Bertz CT molecular complexity index is 1940. The number of carbonyl (C=O) groups is 2. The van der Waals surface area contributed by atoms with Gasteiger partial charge in [-0.25, -0.2) is 0 Å². The summed E-state index contributed by atoms with van der Waals surface area (Å²) in [5, 5.41) is 0. The van der Waals surface area contributed by atoms with E-state index < -0.39 is 32.5 Å². The van der Waals surface area contributed by atoms with Crippen LogP contribution in [0.2, 0.25) is 0 Å². The Morgan fingerprint density at radius 3 is 0.967 bits per heavy atom. The van der Waals surface area contributed by atoms with E-state index in [0.29, 0.717) is 17.4 Å². The summed E-state index contributed by atoms with van der Waals surface area (Å²) in [6.07, 6.45) is 100. The van der Waals surface area contributed by atoms with Crippen molar-refractivity contribution in [3.05, 3.63) is 122 Å². The van der Waals surface area contributed by atoms with Gasteiger partial charge in [-0.1, -0.05) is 322 Å². The van der Waals surface area contributed by atoms with Gasteiger partial charge in [0.1, 0.15) is 19.8 Å². The molecule has 2 unspecified atom stereocenters. The summed E-state index contributed by atoms with van der Waals surface area (Å²) in [6, 6.07) is 0. The molecule has 518 valence electrons. The summed E-state index contributed by atoms with van der Waals surface area (Å²) >= 11 is 0. The van der Waals surface area contributed by atoms with Crippen molar-refractivity contribution in [3.63, 3.8) is 0 Å². The zero-order chi connectivity index (χ0) is 65.5. The zero-order valence-electron chi connectivity index (χ0n) is 59.1. The summed E-state index contributed by atoms with van der Waals surface area (Å²) in [5.41, 5.74) is 0. The molecule has 0 aromatic rings. The molecule has 90 heavy (non-hydrogen) atoms. The average Bonchev–Trinajstić information content (AvgIpc) is 3.61. The lowest BCUT2D eigenvalue weighted by molar-refractivity contribution is -0.870. The van der Waals surface area contributed by atoms with Gasteiger partial charge in [0.05, 0.1) is 27.7 Å². The van der Waals surface area contributed by atoms with E-state index in [1.54, 1.807) is 0 Å². The number of carbonyl (C=O) groups excluding carboxylic acids is 2. The normalized spacial score (nSPS) is 13.8. The highest BCUT2D eigenvalue weighted by Crippen LogP contribution is 2.38. The molecule has 0 heterocycles. The van der Waals surface area contributed by atoms with Gasteiger partial charge in [0.2, 0.25) is 0 Å². The van der Waals surface area contributed by atoms with E-state index >= 15 is 0 Å². The molecule has 0 saturated heterocycles. The molecule has 2 atom stereocenters. The fourth-order valence-corrected chi connectivity index (χ4v) is 11.0. The number of allylic oxidation sites excluding steroid dienone is 20. The standard InChI is InChI=1S/C80H140NO8P/c1-6-8-10-12-14-16-18-20-22-24-26-28-30-32-34-35-36-37-38-39-40-41-42-43-44-45-47-48-50-52-54-56-58-60-62-64-66-68-70-72-79(82)86-76-78(77-88-90(84,85)87-75-74-81(3,4)5)89-80(83)73-71-69-67-65-63-61-59-57-55-53-51-49-46-33-31-29-27-25-23-21-19-17-15-13-11-9-7-2/h9,11,15,17-18,20-21,23-24,26-27,29,33,46,51,53,57,59,63,65,78H,6-8,10,12-14,16,19,22,25,28,30-32,34-45,47-50,52,54-56,58,60-62,64,66-77H2,1-5H3/b11-9-,17-15-,20-18-,23-21-,26-24-,29-27-,46-33-,53-51-,59-57-,65-63-. The first-order valence-electron chi connectivity index (χ1n) is 37.2. The Balaban J connectivity index is 4.02. The summed E-state index contributed by atoms with van der Waals surface area (Å²) in [5.74, 6) is -0.881. The van der Waals surface area contributed by atoms with Crippen molar-refractivity contribution in [3.8, 4) is 0 Å². The van der Waals surface area contributed by atoms with Gasteiger partial charge >= 0.3 is 11.9 Å². The van der Waals surface area contributed by atoms with E-state index in [4.69, 9.17) is 18.5 Å². The van der Waals surface area contributed by atoms with Crippen LogP contribution in [0.3, 0.4) is 0 Å². The second-order valence-electron chi connectivity index (χ2n) is 25.9. The fourth-order valence-electron chi connectivity index (χ4n) is 10.3. The van der Waals surface area contributed by atoms with Crippen LogP contribution >= 0.6 is 7.82 Å². The molecule has 0 aromatic carbocycles. The minimum Gasteiger partial charge on any atom is -0.756 e. The van der Waals surface area contributed by atoms with Crippen molar-refractivity contribution in [1.82, 2.24) is 0 Å². The lowest BCUT2D eigenvalue weighted by atomic mass is 10.0. The Labute approximate surface area is 556 Å². The quantitative estimate of drug-likeness (QED) is 0.0195. The first-order valence-corrected chi connectivity index (χ1v) is 38.7. The SMILES string of the molecule is CC/C=C\C/C=C\C/C=C\C/C=C\C/C=C\C/C=C\C/C=C\C/C=C\CCCCC(=O)OC(COC(=O)CCCCCCCCCCCCCCCCCCCCCCCCCCCCC/C=C\C/C=C\CCCCCCC)COP(=O)([O-])OCC[N+](C)(C)C. The highest BCUT2D eigenvalue weighted by Gasteiger charge is 2.22. The van der Waals surface area contributed by atoms with E-state index in [-0.39, 0.29) is 26.1 Å². The van der Waals surface area contributed by atoms with Crippen molar-refractivity contribution < 1.29 is 42.1 Å². The van der Waals surface area contributed by atoms with Crippen LogP contribution in [0.1, 0.15) is 322 Å². The van der Waals surface area contributed by atoms with Crippen LogP contribution in [0.25, 0.3) is 0 Å². The van der Waals surface area contributed by atoms with Gasteiger partial charge in [-0.3, -0.25) is 14.2 Å². The van der Waals surface area contributed by atoms with E-state index in [0.717, 1.165) is 89.9 Å². The first-order chi connectivity index (χ1) is 44.0. The zero-order valence-corrected chi connectivity index (χ0v) is 59.9. The van der Waals surface area contributed by atoms with Crippen molar-refractivity contribution in [2.24, 2.45) is 0 Å². The maximum absolute atomic E-state index is 12.8. The van der Waals surface area contributed by atoms with Crippen LogP contribution in [0.4, 0.5) is 0 Å². The van der Waals surface area contributed by atoms with E-state index in [9.17, 15) is 19.0 Å². The third-order valence-electron chi connectivity index (χ3n) is 16.0. The number of unbranched alkanes of at least 4 members (excludes halogenated alkanes) is 34. The van der Waals surface area contributed by atoms with Gasteiger partial charge in [-0.2, -0.15) is 0 Å². The fraction of sp³-hybridized carbons (Fsp3) is 0.725. The molecular weight excluding hydrogens is 1130 g/mol. The minimum absolute atomic E-state index is 0.0443. The number of rotatable bonds is 68. The lowest BCUT2D eigenvalue weighted by Crippen LogP contribution is -2.37. The van der Waals surface area contributed by atoms with Gasteiger partial charge in [-0.15, -0.1) is 0 Å². The molecule has 0 aromatic heterocycles. The Morgan fingerprint density at radius 2 is 0.633 bits per heavy atom. The van der Waals surface area contributed by atoms with Gasteiger partial charge in [0, 0.05) is 12.8 Å². The second kappa shape index (κ2) is 69.7. The van der Waals surface area contributed by atoms with Crippen LogP contribution in [0, 0.1) is 0 Å². The number of nitrogens with zero attached hydrogens (tertiary/aromatic N) is 1. The van der Waals surface area contributed by atoms with E-state index in [2.05, 4.69) is 135 Å². The van der Waals surface area contributed by atoms with Crippen molar-refractivity contribution in [1.29, 1.82) is 0 Å². The van der Waals surface area contributed by atoms with Gasteiger partial charge in [-0.05, 0) is 109 Å². The molecule has 0 spiro atoms. The summed E-state index contributed by atoms with van der Waals surface area (Å²) in [4.78, 5) is 38.1. The molecule has 0 fully saturated rings. The third-order valence-corrected chi connectivity index (χ3v) is 16.9. The molecule has 9 nitrogen and oxygen atoms in total. The number of phosphoric ester groups is 1. The molecule has 0 aliphatic rings. The van der Waals surface area contributed by atoms with Gasteiger partial charge in [0.25, 0.3) is 7.82 Å². The molecule has 0 N–H and O–H groups in total. The minimum atomic E-state index is -4.66. The monoisotopic (exact) mass is 1270 g/mol. The first kappa shape index (κ1) is 86.4. The largest absolute Gasteiger partial charge is 0.756 e. The molecule has 0 rings (SSSR count). The topological polar surface area (TPSA) is 111 Å². The molecule has 0 radical (unpaired) electrons. The number of likely N-dealkylation sites (N-methyl/N-ethyl adjacent to an activating group) is 1. The number of esters is 2. The second-order valence-corrected chi connectivity index (χ2v) is 27.3. The van der Waals surface area contributed by atoms with Crippen molar-refractivity contribution >= 4 is 19.8 Å². The maximum Gasteiger partial charge on any atom is 0.306 e. The molecule has 0 bridgehead atoms. The molecule has 0 aliphatic heterocycles. The smallest absolute Gasteiger partial charge is 0.306 e. The molecule has 0 amide bonds. The summed E-state index contributed by atoms with van der Waals surface area (Å²) < 4.78 is 34.3. The number of hydrogen-bond acceptors (Lipinski definition) is 8. The van der Waals surface area contributed by atoms with Gasteiger partial charge in [0.15, 0.2) is 6.10 Å².